The number of phenolic OH excluding ortho intramolecular Hbond substituents is 1. The normalized spacial score (nSPS) is 14.5. The van der Waals surface area contributed by atoms with E-state index >= 15 is 0 Å². The predicted octanol–water partition coefficient (Wildman–Crippen LogP) is 2.34. The third kappa shape index (κ3) is 5.71. The number of hydrogen-bond donors (Lipinski definition) is 2. The molecule has 3 nitrogen and oxygen atoms in total. The smallest absolute Gasteiger partial charge is 0.115 e. The zero-order chi connectivity index (χ0) is 12.7. The fourth-order valence-electron chi connectivity index (χ4n) is 1.60. The second-order valence-corrected chi connectivity index (χ2v) is 4.56. The van der Waals surface area contributed by atoms with Gasteiger partial charge in [0.25, 0.3) is 0 Å². The Balaban J connectivity index is 2.23. The van der Waals surface area contributed by atoms with Crippen molar-refractivity contribution in [1.82, 2.24) is 5.32 Å². The zero-order valence-electron chi connectivity index (χ0n) is 10.9. The molecule has 1 rings (SSSR count). The van der Waals surface area contributed by atoms with E-state index in [1.54, 1.807) is 19.2 Å². The second kappa shape index (κ2) is 7.30. The number of aromatic hydroxyl groups is 1. The summed E-state index contributed by atoms with van der Waals surface area (Å²) >= 11 is 0. The van der Waals surface area contributed by atoms with E-state index in [-0.39, 0.29) is 6.10 Å². The molecule has 2 atom stereocenters. The lowest BCUT2D eigenvalue weighted by molar-refractivity contribution is 0.114. The van der Waals surface area contributed by atoms with Crippen LogP contribution < -0.4 is 5.32 Å². The quantitative estimate of drug-likeness (QED) is 0.765. The van der Waals surface area contributed by atoms with Gasteiger partial charge in [-0.2, -0.15) is 0 Å². The minimum Gasteiger partial charge on any atom is -0.508 e. The fraction of sp³-hybridized carbons (Fsp3) is 0.571. The number of aryl methyl sites for hydroxylation is 1. The summed E-state index contributed by atoms with van der Waals surface area (Å²) in [5, 5.41) is 12.6. The van der Waals surface area contributed by atoms with Crippen LogP contribution in [0.25, 0.3) is 0 Å². The minimum absolute atomic E-state index is 0.256. The first-order valence-electron chi connectivity index (χ1n) is 6.16. The molecule has 0 amide bonds. The summed E-state index contributed by atoms with van der Waals surface area (Å²) in [6.45, 7) is 5.12. The number of ether oxygens (including phenoxy) is 1. The summed E-state index contributed by atoms with van der Waals surface area (Å²) in [6.07, 6.45) is 2.36. The van der Waals surface area contributed by atoms with Gasteiger partial charge >= 0.3 is 0 Å². The summed E-state index contributed by atoms with van der Waals surface area (Å²) in [5.41, 5.74) is 1.26. The molecule has 0 aliphatic carbocycles. The highest BCUT2D eigenvalue weighted by atomic mass is 16.5. The summed E-state index contributed by atoms with van der Waals surface area (Å²) in [7, 11) is 1.73. The maximum absolute atomic E-state index is 9.18. The van der Waals surface area contributed by atoms with E-state index in [2.05, 4.69) is 19.2 Å². The third-order valence-electron chi connectivity index (χ3n) is 2.96. The van der Waals surface area contributed by atoms with E-state index in [0.717, 1.165) is 19.4 Å². The van der Waals surface area contributed by atoms with Crippen molar-refractivity contribution in [2.45, 2.75) is 38.8 Å². The lowest BCUT2D eigenvalue weighted by atomic mass is 10.1. The molecule has 1 aromatic rings. The van der Waals surface area contributed by atoms with Crippen molar-refractivity contribution in [2.75, 3.05) is 13.7 Å². The largest absolute Gasteiger partial charge is 0.508 e. The summed E-state index contributed by atoms with van der Waals surface area (Å²) in [4.78, 5) is 0. The molecular weight excluding hydrogens is 214 g/mol. The zero-order valence-corrected chi connectivity index (χ0v) is 10.9. The monoisotopic (exact) mass is 237 g/mol. The van der Waals surface area contributed by atoms with Gasteiger partial charge in [-0.3, -0.25) is 0 Å². The van der Waals surface area contributed by atoms with Crippen molar-refractivity contribution in [2.24, 2.45) is 0 Å². The van der Waals surface area contributed by atoms with Crippen LogP contribution in [0, 0.1) is 0 Å². The van der Waals surface area contributed by atoms with Crippen LogP contribution in [0.3, 0.4) is 0 Å². The van der Waals surface area contributed by atoms with Crippen LogP contribution in [-0.2, 0) is 11.2 Å². The van der Waals surface area contributed by atoms with Gasteiger partial charge in [0, 0.05) is 19.7 Å². The lowest BCUT2D eigenvalue weighted by Crippen LogP contribution is -2.33. The van der Waals surface area contributed by atoms with Gasteiger partial charge in [0.1, 0.15) is 5.75 Å². The summed E-state index contributed by atoms with van der Waals surface area (Å²) in [5.74, 6) is 0.328. The van der Waals surface area contributed by atoms with Crippen molar-refractivity contribution in [1.29, 1.82) is 0 Å². The number of nitrogens with one attached hydrogen (secondary N) is 1. The van der Waals surface area contributed by atoms with Crippen molar-refractivity contribution in [3.05, 3.63) is 29.8 Å². The standard InChI is InChI=1S/C14H23NO2/c1-11(15-10-12(2)17-3)4-5-13-6-8-14(16)9-7-13/h6-9,11-12,15-16H,4-5,10H2,1-3H3. The molecule has 0 saturated heterocycles. The Labute approximate surface area is 104 Å². The molecule has 0 aliphatic heterocycles. The van der Waals surface area contributed by atoms with Crippen molar-refractivity contribution in [3.8, 4) is 5.75 Å². The van der Waals surface area contributed by atoms with E-state index in [9.17, 15) is 5.11 Å². The topological polar surface area (TPSA) is 41.5 Å². The maximum Gasteiger partial charge on any atom is 0.115 e. The Morgan fingerprint density at radius 2 is 1.88 bits per heavy atom. The van der Waals surface area contributed by atoms with Gasteiger partial charge in [0.2, 0.25) is 0 Å². The second-order valence-electron chi connectivity index (χ2n) is 4.56. The molecule has 0 spiro atoms. The van der Waals surface area contributed by atoms with E-state index in [0.29, 0.717) is 11.8 Å². The molecule has 17 heavy (non-hydrogen) atoms. The van der Waals surface area contributed by atoms with Crippen molar-refractivity contribution in [3.63, 3.8) is 0 Å². The summed E-state index contributed by atoms with van der Waals surface area (Å²) < 4.78 is 5.19. The average Bonchev–Trinajstić information content (AvgIpc) is 2.35. The first-order valence-corrected chi connectivity index (χ1v) is 6.16. The van der Waals surface area contributed by atoms with Gasteiger partial charge in [-0.15, -0.1) is 0 Å². The highest BCUT2D eigenvalue weighted by molar-refractivity contribution is 5.25. The van der Waals surface area contributed by atoms with Gasteiger partial charge in [-0.25, -0.2) is 0 Å². The molecule has 96 valence electrons. The third-order valence-corrected chi connectivity index (χ3v) is 2.96. The van der Waals surface area contributed by atoms with Crippen LogP contribution in [0.4, 0.5) is 0 Å². The van der Waals surface area contributed by atoms with Crippen molar-refractivity contribution >= 4 is 0 Å². The van der Waals surface area contributed by atoms with Crippen LogP contribution in [0.1, 0.15) is 25.8 Å². The van der Waals surface area contributed by atoms with Crippen LogP contribution in [0.2, 0.25) is 0 Å². The molecule has 0 heterocycles. The molecule has 0 aromatic heterocycles. The van der Waals surface area contributed by atoms with E-state index in [1.807, 2.05) is 12.1 Å². The Morgan fingerprint density at radius 3 is 2.47 bits per heavy atom. The van der Waals surface area contributed by atoms with Gasteiger partial charge in [-0.05, 0) is 44.4 Å². The Bertz CT molecular complexity index is 311. The minimum atomic E-state index is 0.256. The summed E-state index contributed by atoms with van der Waals surface area (Å²) in [6, 6.07) is 7.89. The Hall–Kier alpha value is -1.06. The van der Waals surface area contributed by atoms with Gasteiger partial charge in [-0.1, -0.05) is 12.1 Å². The van der Waals surface area contributed by atoms with Gasteiger partial charge < -0.3 is 15.2 Å². The highest BCUT2D eigenvalue weighted by Crippen LogP contribution is 2.11. The molecule has 2 unspecified atom stereocenters. The molecule has 2 N–H and O–H groups in total. The Kier molecular flexibility index (Phi) is 6.01. The molecule has 0 saturated carbocycles. The number of benzene rings is 1. The van der Waals surface area contributed by atoms with E-state index in [1.165, 1.54) is 5.56 Å². The molecule has 0 bridgehead atoms. The molecule has 1 aromatic carbocycles. The average molecular weight is 237 g/mol. The van der Waals surface area contributed by atoms with Crippen LogP contribution in [-0.4, -0.2) is 30.9 Å². The number of methoxy groups -OCH3 is 1. The van der Waals surface area contributed by atoms with E-state index < -0.39 is 0 Å². The van der Waals surface area contributed by atoms with Crippen LogP contribution >= 0.6 is 0 Å². The first kappa shape index (κ1) is 14.0. The SMILES string of the molecule is COC(C)CNC(C)CCc1ccc(O)cc1. The highest BCUT2D eigenvalue weighted by Gasteiger charge is 2.04. The number of hydrogen-bond acceptors (Lipinski definition) is 3. The van der Waals surface area contributed by atoms with Crippen LogP contribution in [0.5, 0.6) is 5.75 Å². The first-order chi connectivity index (χ1) is 8.11. The van der Waals surface area contributed by atoms with Gasteiger partial charge in [0.15, 0.2) is 0 Å². The molecule has 0 radical (unpaired) electrons. The van der Waals surface area contributed by atoms with Crippen molar-refractivity contribution < 1.29 is 9.84 Å². The molecular formula is C14H23NO2. The maximum atomic E-state index is 9.18. The number of rotatable bonds is 7. The van der Waals surface area contributed by atoms with E-state index in [4.69, 9.17) is 4.74 Å². The molecule has 3 heteroatoms. The van der Waals surface area contributed by atoms with Crippen LogP contribution in [0.15, 0.2) is 24.3 Å². The predicted molar refractivity (Wildman–Crippen MR) is 70.4 cm³/mol. The number of phenols is 1. The molecule has 0 aliphatic rings. The fourth-order valence-corrected chi connectivity index (χ4v) is 1.60. The Morgan fingerprint density at radius 1 is 1.24 bits per heavy atom. The lowest BCUT2D eigenvalue weighted by Gasteiger charge is -2.16. The van der Waals surface area contributed by atoms with Gasteiger partial charge in [0.05, 0.1) is 6.10 Å². The molecule has 0 fully saturated rings.